The number of rotatable bonds is 2. The zero-order valence-corrected chi connectivity index (χ0v) is 10.2. The predicted octanol–water partition coefficient (Wildman–Crippen LogP) is 1.44. The molecular weight excluding hydrogens is 208 g/mol. The Hall–Kier alpha value is -0.220. The summed E-state index contributed by atoms with van der Waals surface area (Å²) < 4.78 is 0. The molecule has 0 aromatic rings. The lowest BCUT2D eigenvalue weighted by atomic mass is 9.94. The van der Waals surface area contributed by atoms with Gasteiger partial charge in [-0.1, -0.05) is 19.3 Å². The van der Waals surface area contributed by atoms with E-state index in [1.807, 2.05) is 23.7 Å². The molecule has 15 heavy (non-hydrogen) atoms. The third-order valence-electron chi connectivity index (χ3n) is 3.48. The van der Waals surface area contributed by atoms with Gasteiger partial charge >= 0.3 is 0 Å². The van der Waals surface area contributed by atoms with Crippen LogP contribution in [0, 0.1) is 0 Å². The third-order valence-corrected chi connectivity index (χ3v) is 4.42. The minimum absolute atomic E-state index is 0.0712. The molecule has 1 heterocycles. The van der Waals surface area contributed by atoms with Crippen molar-refractivity contribution in [1.29, 1.82) is 0 Å². The molecule has 1 saturated heterocycles. The summed E-state index contributed by atoms with van der Waals surface area (Å²) in [5, 5.41) is 3.25. The van der Waals surface area contributed by atoms with Crippen molar-refractivity contribution in [2.75, 3.05) is 18.7 Å². The van der Waals surface area contributed by atoms with E-state index in [9.17, 15) is 4.79 Å². The van der Waals surface area contributed by atoms with Crippen molar-refractivity contribution in [3.63, 3.8) is 0 Å². The van der Waals surface area contributed by atoms with Crippen molar-refractivity contribution in [3.05, 3.63) is 0 Å². The molecule has 1 atom stereocenters. The molecule has 3 nitrogen and oxygen atoms in total. The average molecular weight is 228 g/mol. The first-order valence-corrected chi connectivity index (χ1v) is 7.02. The molecule has 1 unspecified atom stereocenters. The maximum Gasteiger partial charge on any atom is 0.240 e. The number of hydrogen-bond acceptors (Lipinski definition) is 3. The van der Waals surface area contributed by atoms with Crippen molar-refractivity contribution in [2.24, 2.45) is 0 Å². The van der Waals surface area contributed by atoms with Crippen molar-refractivity contribution in [1.82, 2.24) is 10.2 Å². The minimum Gasteiger partial charge on any atom is -0.341 e. The first-order chi connectivity index (χ1) is 7.29. The summed E-state index contributed by atoms with van der Waals surface area (Å²) in [7, 11) is 1.98. The number of carbonyl (C=O) groups is 1. The highest BCUT2D eigenvalue weighted by molar-refractivity contribution is 7.99. The smallest absolute Gasteiger partial charge is 0.240 e. The van der Waals surface area contributed by atoms with Crippen LogP contribution in [0.15, 0.2) is 0 Å². The molecule has 0 aromatic heterocycles. The van der Waals surface area contributed by atoms with Crippen molar-refractivity contribution in [3.8, 4) is 0 Å². The number of hydrogen-bond donors (Lipinski definition) is 1. The van der Waals surface area contributed by atoms with Crippen LogP contribution in [0.5, 0.6) is 0 Å². The lowest BCUT2D eigenvalue weighted by Crippen LogP contribution is -2.47. The molecule has 1 saturated carbocycles. The largest absolute Gasteiger partial charge is 0.341 e. The highest BCUT2D eigenvalue weighted by Gasteiger charge is 2.29. The number of likely N-dealkylation sites (N-methyl/N-ethyl adjacent to an activating group) is 1. The van der Waals surface area contributed by atoms with Crippen molar-refractivity contribution in [2.45, 2.75) is 44.2 Å². The molecule has 1 amide bonds. The van der Waals surface area contributed by atoms with Gasteiger partial charge in [0, 0.05) is 24.7 Å². The van der Waals surface area contributed by atoms with E-state index in [-0.39, 0.29) is 6.04 Å². The highest BCUT2D eigenvalue weighted by Crippen LogP contribution is 2.23. The molecule has 1 aliphatic heterocycles. The van der Waals surface area contributed by atoms with Gasteiger partial charge in [-0.2, -0.15) is 0 Å². The van der Waals surface area contributed by atoms with E-state index >= 15 is 0 Å². The fraction of sp³-hybridized carbons (Fsp3) is 0.909. The molecule has 0 spiro atoms. The maximum atomic E-state index is 12.1. The van der Waals surface area contributed by atoms with Crippen LogP contribution in [0.4, 0.5) is 0 Å². The van der Waals surface area contributed by atoms with Crippen molar-refractivity contribution >= 4 is 17.7 Å². The zero-order chi connectivity index (χ0) is 10.7. The van der Waals surface area contributed by atoms with E-state index in [1.54, 1.807) is 0 Å². The Morgan fingerprint density at radius 1 is 1.33 bits per heavy atom. The van der Waals surface area contributed by atoms with Gasteiger partial charge in [-0.05, 0) is 12.8 Å². The van der Waals surface area contributed by atoms with Crippen LogP contribution in [0.3, 0.4) is 0 Å². The van der Waals surface area contributed by atoms with Gasteiger partial charge in [0.25, 0.3) is 0 Å². The van der Waals surface area contributed by atoms with E-state index in [0.29, 0.717) is 11.9 Å². The molecule has 2 rings (SSSR count). The number of nitrogens with zero attached hydrogens (tertiary/aromatic N) is 1. The van der Waals surface area contributed by atoms with E-state index in [1.165, 1.54) is 32.1 Å². The van der Waals surface area contributed by atoms with Gasteiger partial charge in [0.2, 0.25) is 5.91 Å². The van der Waals surface area contributed by atoms with Crippen LogP contribution in [0.1, 0.15) is 32.1 Å². The third kappa shape index (κ3) is 2.67. The topological polar surface area (TPSA) is 32.3 Å². The average Bonchev–Trinajstić information content (AvgIpc) is 2.82. The summed E-state index contributed by atoms with van der Waals surface area (Å²) in [6.07, 6.45) is 6.31. The van der Waals surface area contributed by atoms with Gasteiger partial charge in [0.1, 0.15) is 0 Å². The normalized spacial score (nSPS) is 27.9. The Morgan fingerprint density at radius 2 is 2.07 bits per heavy atom. The van der Waals surface area contributed by atoms with Crippen LogP contribution in [0.2, 0.25) is 0 Å². The molecule has 2 fully saturated rings. The summed E-state index contributed by atoms with van der Waals surface area (Å²) in [5.41, 5.74) is 0. The predicted molar refractivity (Wildman–Crippen MR) is 63.9 cm³/mol. The Kier molecular flexibility index (Phi) is 3.92. The van der Waals surface area contributed by atoms with Crippen LogP contribution in [-0.2, 0) is 4.79 Å². The monoisotopic (exact) mass is 228 g/mol. The molecule has 1 aliphatic carbocycles. The Bertz CT molecular complexity index is 223. The first-order valence-electron chi connectivity index (χ1n) is 5.87. The molecule has 0 radical (unpaired) electrons. The van der Waals surface area contributed by atoms with Gasteiger partial charge < -0.3 is 4.90 Å². The zero-order valence-electron chi connectivity index (χ0n) is 9.37. The number of amides is 1. The second-order valence-electron chi connectivity index (χ2n) is 4.51. The van der Waals surface area contributed by atoms with Crippen LogP contribution < -0.4 is 5.32 Å². The number of carbonyl (C=O) groups excluding carboxylic acids is 1. The Labute approximate surface area is 96.0 Å². The molecule has 86 valence electrons. The van der Waals surface area contributed by atoms with E-state index in [4.69, 9.17) is 0 Å². The van der Waals surface area contributed by atoms with E-state index < -0.39 is 0 Å². The van der Waals surface area contributed by atoms with Crippen molar-refractivity contribution < 1.29 is 4.79 Å². The quantitative estimate of drug-likeness (QED) is 0.776. The van der Waals surface area contributed by atoms with Crippen LogP contribution in [0.25, 0.3) is 0 Å². The standard InChI is InChI=1S/C11H20N2OS/c1-13(9-5-3-2-4-6-9)11(14)10-7-15-8-12-10/h9-10,12H,2-8H2,1H3. The Morgan fingerprint density at radius 3 is 2.67 bits per heavy atom. The molecule has 0 bridgehead atoms. The summed E-state index contributed by atoms with van der Waals surface area (Å²) >= 11 is 1.82. The van der Waals surface area contributed by atoms with Gasteiger partial charge in [0.15, 0.2) is 0 Å². The van der Waals surface area contributed by atoms with Crippen LogP contribution in [-0.4, -0.2) is 41.6 Å². The molecule has 4 heteroatoms. The van der Waals surface area contributed by atoms with E-state index in [2.05, 4.69) is 5.32 Å². The second-order valence-corrected chi connectivity index (χ2v) is 5.54. The molecule has 1 N–H and O–H groups in total. The van der Waals surface area contributed by atoms with Crippen LogP contribution >= 0.6 is 11.8 Å². The summed E-state index contributed by atoms with van der Waals surface area (Å²) in [6, 6.07) is 0.570. The van der Waals surface area contributed by atoms with Gasteiger partial charge in [-0.25, -0.2) is 0 Å². The minimum atomic E-state index is 0.0712. The lowest BCUT2D eigenvalue weighted by Gasteiger charge is -2.32. The summed E-state index contributed by atoms with van der Waals surface area (Å²) in [5.74, 6) is 2.16. The lowest BCUT2D eigenvalue weighted by molar-refractivity contribution is -0.134. The molecule has 0 aromatic carbocycles. The maximum absolute atomic E-state index is 12.1. The molecule has 2 aliphatic rings. The van der Waals surface area contributed by atoms with Gasteiger partial charge in [0.05, 0.1) is 6.04 Å². The highest BCUT2D eigenvalue weighted by atomic mass is 32.2. The number of nitrogens with one attached hydrogen (secondary N) is 1. The Balaban J connectivity index is 1.87. The van der Waals surface area contributed by atoms with Gasteiger partial charge in [-0.3, -0.25) is 10.1 Å². The van der Waals surface area contributed by atoms with E-state index in [0.717, 1.165) is 11.6 Å². The molecular formula is C11H20N2OS. The fourth-order valence-electron chi connectivity index (χ4n) is 2.45. The second kappa shape index (κ2) is 5.21. The first kappa shape index (κ1) is 11.3. The fourth-order valence-corrected chi connectivity index (χ4v) is 3.38. The number of thioether (sulfide) groups is 1. The SMILES string of the molecule is CN(C(=O)C1CSCN1)C1CCCCC1. The summed E-state index contributed by atoms with van der Waals surface area (Å²) in [4.78, 5) is 14.1. The van der Waals surface area contributed by atoms with Gasteiger partial charge in [-0.15, -0.1) is 11.8 Å². The summed E-state index contributed by atoms with van der Waals surface area (Å²) in [6.45, 7) is 0.